The van der Waals surface area contributed by atoms with E-state index in [-0.39, 0.29) is 12.2 Å². The molecule has 0 amide bonds. The number of para-hydroxylation sites is 1. The van der Waals surface area contributed by atoms with E-state index in [0.717, 1.165) is 5.56 Å². The molecule has 3 nitrogen and oxygen atoms in total. The summed E-state index contributed by atoms with van der Waals surface area (Å²) in [6.45, 7) is 4.13. The molecule has 0 saturated heterocycles. The lowest BCUT2D eigenvalue weighted by Crippen LogP contribution is -2.40. The first-order valence-electron chi connectivity index (χ1n) is 7.82. The van der Waals surface area contributed by atoms with Gasteiger partial charge in [-0.1, -0.05) is 56.3 Å². The van der Waals surface area contributed by atoms with Gasteiger partial charge in [-0.2, -0.15) is 0 Å². The van der Waals surface area contributed by atoms with Crippen LogP contribution >= 0.6 is 0 Å². The lowest BCUT2D eigenvalue weighted by atomic mass is 9.93. The Morgan fingerprint density at radius 2 is 1.78 bits per heavy atom. The van der Waals surface area contributed by atoms with Crippen molar-refractivity contribution in [3.05, 3.63) is 78.1 Å². The average Bonchev–Trinajstić information content (AvgIpc) is 2.55. The molecule has 2 aromatic carbocycles. The Kier molecular flexibility index (Phi) is 4.20. The summed E-state index contributed by atoms with van der Waals surface area (Å²) >= 11 is 0. The van der Waals surface area contributed by atoms with Crippen LogP contribution in [0.25, 0.3) is 0 Å². The number of fused-ring (bicyclic) bond motifs is 1. The third-order valence-corrected chi connectivity index (χ3v) is 3.79. The number of allylic oxidation sites excluding steroid dienone is 1. The van der Waals surface area contributed by atoms with Crippen molar-refractivity contribution >= 4 is 5.78 Å². The van der Waals surface area contributed by atoms with Crippen molar-refractivity contribution in [3.8, 4) is 5.75 Å². The van der Waals surface area contributed by atoms with Crippen LogP contribution in [-0.2, 0) is 10.5 Å². The summed E-state index contributed by atoms with van der Waals surface area (Å²) in [6, 6.07) is 16.9. The van der Waals surface area contributed by atoms with Crippen molar-refractivity contribution in [2.45, 2.75) is 26.1 Å². The molecule has 1 atom stereocenters. The maximum Gasteiger partial charge on any atom is 0.284 e. The number of Topliss-reactive ketones (excluding diaryl/α,β-unsaturated/α-hetero) is 1. The van der Waals surface area contributed by atoms with Gasteiger partial charge in [0.25, 0.3) is 5.79 Å². The molecule has 23 heavy (non-hydrogen) atoms. The molecule has 0 saturated carbocycles. The average molecular weight is 308 g/mol. The number of hydrogen-bond acceptors (Lipinski definition) is 3. The molecule has 118 valence electrons. The second kappa shape index (κ2) is 6.29. The summed E-state index contributed by atoms with van der Waals surface area (Å²) in [4.78, 5) is 12.6. The zero-order chi connectivity index (χ0) is 16.3. The highest BCUT2D eigenvalue weighted by Gasteiger charge is 2.43. The van der Waals surface area contributed by atoms with E-state index < -0.39 is 5.79 Å². The van der Waals surface area contributed by atoms with Gasteiger partial charge in [-0.25, -0.2) is 0 Å². The van der Waals surface area contributed by atoms with Crippen LogP contribution < -0.4 is 4.74 Å². The van der Waals surface area contributed by atoms with Gasteiger partial charge in [0.1, 0.15) is 5.75 Å². The third-order valence-electron chi connectivity index (χ3n) is 3.79. The van der Waals surface area contributed by atoms with Crippen molar-refractivity contribution in [1.29, 1.82) is 0 Å². The summed E-state index contributed by atoms with van der Waals surface area (Å²) < 4.78 is 12.1. The monoisotopic (exact) mass is 308 g/mol. The molecule has 1 aliphatic rings. The Bertz CT molecular complexity index is 719. The van der Waals surface area contributed by atoms with E-state index in [4.69, 9.17) is 9.47 Å². The number of carbonyl (C=O) groups excluding carboxylic acids is 1. The van der Waals surface area contributed by atoms with Crippen LogP contribution in [0.1, 0.15) is 36.2 Å². The second-order valence-corrected chi connectivity index (χ2v) is 6.01. The predicted octanol–water partition coefficient (Wildman–Crippen LogP) is 4.69. The number of carbonyl (C=O) groups is 1. The van der Waals surface area contributed by atoms with Crippen molar-refractivity contribution in [1.82, 2.24) is 0 Å². The largest absolute Gasteiger partial charge is 0.456 e. The van der Waals surface area contributed by atoms with Crippen molar-refractivity contribution in [2.75, 3.05) is 0 Å². The predicted molar refractivity (Wildman–Crippen MR) is 89.2 cm³/mol. The Labute approximate surface area is 136 Å². The maximum atomic E-state index is 12.6. The van der Waals surface area contributed by atoms with Gasteiger partial charge in [0.15, 0.2) is 5.78 Å². The van der Waals surface area contributed by atoms with E-state index in [1.165, 1.54) is 0 Å². The van der Waals surface area contributed by atoms with Gasteiger partial charge in [0.2, 0.25) is 0 Å². The van der Waals surface area contributed by atoms with Crippen LogP contribution in [0.5, 0.6) is 5.75 Å². The van der Waals surface area contributed by atoms with Crippen LogP contribution in [-0.4, -0.2) is 5.78 Å². The quantitative estimate of drug-likeness (QED) is 0.769. The zero-order valence-corrected chi connectivity index (χ0v) is 13.4. The molecule has 3 rings (SSSR count). The smallest absolute Gasteiger partial charge is 0.284 e. The molecule has 0 aliphatic carbocycles. The minimum absolute atomic E-state index is 0.0219. The van der Waals surface area contributed by atoms with Crippen LogP contribution in [0.3, 0.4) is 0 Å². The zero-order valence-electron chi connectivity index (χ0n) is 13.4. The molecule has 0 aromatic heterocycles. The SMILES string of the molecule is CC(C)C=COC1(c2ccccc2)CC(=O)c2ccccc2O1. The van der Waals surface area contributed by atoms with Gasteiger partial charge in [0.05, 0.1) is 18.2 Å². The van der Waals surface area contributed by atoms with Gasteiger partial charge >= 0.3 is 0 Å². The standard InChI is InChI=1S/C20H20O3/c1-15(2)12-13-22-20(16-8-4-3-5-9-16)14-18(21)17-10-6-7-11-19(17)23-20/h3-13,15H,14H2,1-2H3. The van der Waals surface area contributed by atoms with Gasteiger partial charge in [-0.05, 0) is 24.1 Å². The topological polar surface area (TPSA) is 35.5 Å². The molecule has 0 bridgehead atoms. The van der Waals surface area contributed by atoms with Crippen LogP contribution in [0.2, 0.25) is 0 Å². The second-order valence-electron chi connectivity index (χ2n) is 6.01. The lowest BCUT2D eigenvalue weighted by Gasteiger charge is -2.37. The summed E-state index contributed by atoms with van der Waals surface area (Å²) in [6.07, 6.45) is 3.73. The first kappa shape index (κ1) is 15.3. The maximum absolute atomic E-state index is 12.6. The Hall–Kier alpha value is -2.55. The lowest BCUT2D eigenvalue weighted by molar-refractivity contribution is -0.154. The Morgan fingerprint density at radius 3 is 2.52 bits per heavy atom. The molecular formula is C20H20O3. The molecular weight excluding hydrogens is 288 g/mol. The highest BCUT2D eigenvalue weighted by molar-refractivity contribution is 6.00. The van der Waals surface area contributed by atoms with E-state index >= 15 is 0 Å². The number of hydrogen-bond donors (Lipinski definition) is 0. The fourth-order valence-corrected chi connectivity index (χ4v) is 2.60. The molecule has 3 heteroatoms. The first-order valence-corrected chi connectivity index (χ1v) is 7.82. The summed E-state index contributed by atoms with van der Waals surface area (Å²) in [5.41, 5.74) is 1.44. The molecule has 2 aromatic rings. The van der Waals surface area contributed by atoms with E-state index in [2.05, 4.69) is 13.8 Å². The summed E-state index contributed by atoms with van der Waals surface area (Å²) in [5, 5.41) is 0. The number of ketones is 1. The van der Waals surface area contributed by atoms with Gasteiger partial charge in [0, 0.05) is 5.56 Å². The molecule has 0 fully saturated rings. The van der Waals surface area contributed by atoms with E-state index in [0.29, 0.717) is 17.2 Å². The number of benzene rings is 2. The Balaban J connectivity index is 2.02. The minimum Gasteiger partial charge on any atom is -0.456 e. The summed E-state index contributed by atoms with van der Waals surface area (Å²) in [5.74, 6) is -0.174. The minimum atomic E-state index is -1.11. The molecule has 0 spiro atoms. The van der Waals surface area contributed by atoms with Crippen LogP contribution in [0.4, 0.5) is 0 Å². The van der Waals surface area contributed by atoms with Crippen LogP contribution in [0, 0.1) is 5.92 Å². The van der Waals surface area contributed by atoms with Gasteiger partial charge < -0.3 is 9.47 Å². The van der Waals surface area contributed by atoms with Crippen molar-refractivity contribution < 1.29 is 14.3 Å². The van der Waals surface area contributed by atoms with E-state index in [9.17, 15) is 4.79 Å². The Morgan fingerprint density at radius 1 is 1.09 bits per heavy atom. The molecule has 0 N–H and O–H groups in total. The third kappa shape index (κ3) is 3.14. The summed E-state index contributed by atoms with van der Waals surface area (Å²) in [7, 11) is 0. The van der Waals surface area contributed by atoms with E-state index in [1.54, 1.807) is 18.4 Å². The van der Waals surface area contributed by atoms with Crippen molar-refractivity contribution in [3.63, 3.8) is 0 Å². The van der Waals surface area contributed by atoms with Gasteiger partial charge in [-0.3, -0.25) is 4.79 Å². The number of rotatable bonds is 4. The highest BCUT2D eigenvalue weighted by Crippen LogP contribution is 2.40. The fraction of sp³-hybridized carbons (Fsp3) is 0.250. The first-order chi connectivity index (χ1) is 11.1. The molecule has 1 aliphatic heterocycles. The highest BCUT2D eigenvalue weighted by atomic mass is 16.7. The van der Waals surface area contributed by atoms with Gasteiger partial charge in [-0.15, -0.1) is 0 Å². The normalized spacial score (nSPS) is 20.4. The van der Waals surface area contributed by atoms with Crippen molar-refractivity contribution in [2.24, 2.45) is 5.92 Å². The fourth-order valence-electron chi connectivity index (χ4n) is 2.60. The van der Waals surface area contributed by atoms with Crippen LogP contribution in [0.15, 0.2) is 66.9 Å². The molecule has 0 radical (unpaired) electrons. The number of ether oxygens (including phenoxy) is 2. The molecule has 1 heterocycles. The van der Waals surface area contributed by atoms with E-state index in [1.807, 2.05) is 48.5 Å². The molecule has 1 unspecified atom stereocenters.